The quantitative estimate of drug-likeness (QED) is 0.381. The normalized spacial score (nSPS) is 12.2. The number of rotatable bonds is 16. The molecule has 0 aromatic heterocycles. The summed E-state index contributed by atoms with van der Waals surface area (Å²) >= 11 is 0. The van der Waals surface area contributed by atoms with Gasteiger partial charge in [-0.1, -0.05) is 77.6 Å². The van der Waals surface area contributed by atoms with Crippen molar-refractivity contribution in [3.63, 3.8) is 0 Å². The van der Waals surface area contributed by atoms with Gasteiger partial charge in [-0.25, -0.2) is 0 Å². The third-order valence-corrected chi connectivity index (χ3v) is 4.11. The summed E-state index contributed by atoms with van der Waals surface area (Å²) in [7, 11) is 0. The second-order valence-electron chi connectivity index (χ2n) is 6.52. The fourth-order valence-electron chi connectivity index (χ4n) is 2.76. The predicted molar refractivity (Wildman–Crippen MR) is 89.1 cm³/mol. The smallest absolute Gasteiger partial charge is 0.303 e. The van der Waals surface area contributed by atoms with Crippen LogP contribution in [-0.2, 0) is 9.59 Å². The van der Waals surface area contributed by atoms with E-state index in [0.29, 0.717) is 18.8 Å². The first-order valence-electron chi connectivity index (χ1n) is 8.96. The number of aliphatic carboxylic acids is 2. The highest BCUT2D eigenvalue weighted by Gasteiger charge is 2.06. The highest BCUT2D eigenvalue weighted by atomic mass is 16.4. The van der Waals surface area contributed by atoms with Crippen molar-refractivity contribution in [2.24, 2.45) is 5.92 Å². The van der Waals surface area contributed by atoms with Crippen LogP contribution in [0.5, 0.6) is 0 Å². The monoisotopic (exact) mass is 314 g/mol. The number of carbonyl (C=O) groups is 2. The van der Waals surface area contributed by atoms with E-state index in [1.54, 1.807) is 0 Å². The lowest BCUT2D eigenvalue weighted by atomic mass is 9.99. The third-order valence-electron chi connectivity index (χ3n) is 4.11. The number of hydrogen-bond acceptors (Lipinski definition) is 2. The Balaban J connectivity index is 3.11. The Morgan fingerprint density at radius 1 is 0.682 bits per heavy atom. The van der Waals surface area contributed by atoms with E-state index >= 15 is 0 Å². The standard InChI is InChI=1S/C18H34O4/c1-16(15-18(21)22)13-11-9-7-5-3-2-4-6-8-10-12-14-17(19)20/h16H,2-15H2,1H3,(H,19,20)(H,21,22). The molecule has 4 heteroatoms. The van der Waals surface area contributed by atoms with Gasteiger partial charge in [0.2, 0.25) is 0 Å². The SMILES string of the molecule is CC(CCCCCCCCCCCCCC(=O)O)CC(=O)O. The molecule has 0 aromatic carbocycles. The van der Waals surface area contributed by atoms with E-state index in [1.807, 2.05) is 6.92 Å². The second kappa shape index (κ2) is 14.9. The van der Waals surface area contributed by atoms with Crippen molar-refractivity contribution in [2.75, 3.05) is 0 Å². The molecule has 0 radical (unpaired) electrons. The molecule has 2 N–H and O–H groups in total. The van der Waals surface area contributed by atoms with Gasteiger partial charge in [0.05, 0.1) is 0 Å². The van der Waals surface area contributed by atoms with Gasteiger partial charge in [0.1, 0.15) is 0 Å². The van der Waals surface area contributed by atoms with Crippen LogP contribution in [0.3, 0.4) is 0 Å². The molecule has 0 aliphatic carbocycles. The van der Waals surface area contributed by atoms with Crippen LogP contribution in [-0.4, -0.2) is 22.2 Å². The van der Waals surface area contributed by atoms with Crippen LogP contribution in [0.15, 0.2) is 0 Å². The first kappa shape index (κ1) is 20.9. The van der Waals surface area contributed by atoms with Crippen molar-refractivity contribution < 1.29 is 19.8 Å². The molecule has 4 nitrogen and oxygen atoms in total. The topological polar surface area (TPSA) is 74.6 Å². The lowest BCUT2D eigenvalue weighted by Gasteiger charge is -2.07. The van der Waals surface area contributed by atoms with Gasteiger partial charge in [0.15, 0.2) is 0 Å². The van der Waals surface area contributed by atoms with Crippen LogP contribution < -0.4 is 0 Å². The van der Waals surface area contributed by atoms with Crippen LogP contribution in [0.1, 0.15) is 96.8 Å². The molecule has 0 fully saturated rings. The van der Waals surface area contributed by atoms with E-state index in [-0.39, 0.29) is 0 Å². The molecule has 0 aromatic rings. The molecular formula is C18H34O4. The van der Waals surface area contributed by atoms with Crippen LogP contribution in [0, 0.1) is 5.92 Å². The molecule has 1 unspecified atom stereocenters. The zero-order chi connectivity index (χ0) is 16.6. The molecule has 1 atom stereocenters. The van der Waals surface area contributed by atoms with Crippen molar-refractivity contribution in [1.29, 1.82) is 0 Å². The maximum absolute atomic E-state index is 10.5. The minimum atomic E-state index is -0.685. The van der Waals surface area contributed by atoms with Crippen molar-refractivity contribution in [1.82, 2.24) is 0 Å². The Morgan fingerprint density at radius 3 is 1.50 bits per heavy atom. The number of hydrogen-bond donors (Lipinski definition) is 2. The summed E-state index contributed by atoms with van der Waals surface area (Å²) in [6.07, 6.45) is 14.6. The largest absolute Gasteiger partial charge is 0.481 e. The molecule has 130 valence electrons. The van der Waals surface area contributed by atoms with E-state index in [9.17, 15) is 9.59 Å². The van der Waals surface area contributed by atoms with Crippen molar-refractivity contribution in [2.45, 2.75) is 96.8 Å². The van der Waals surface area contributed by atoms with Gasteiger partial charge in [-0.2, -0.15) is 0 Å². The molecule has 22 heavy (non-hydrogen) atoms. The lowest BCUT2D eigenvalue weighted by Crippen LogP contribution is -2.03. The third kappa shape index (κ3) is 17.0. The minimum absolute atomic E-state index is 0.298. The summed E-state index contributed by atoms with van der Waals surface area (Å²) in [5.74, 6) is -1.06. The van der Waals surface area contributed by atoms with E-state index in [1.165, 1.54) is 44.9 Å². The average molecular weight is 314 g/mol. The molecule has 0 amide bonds. The first-order valence-corrected chi connectivity index (χ1v) is 8.96. The van der Waals surface area contributed by atoms with Crippen LogP contribution >= 0.6 is 0 Å². The van der Waals surface area contributed by atoms with Gasteiger partial charge in [0, 0.05) is 12.8 Å². The van der Waals surface area contributed by atoms with Crippen molar-refractivity contribution >= 4 is 11.9 Å². The maximum Gasteiger partial charge on any atom is 0.303 e. The predicted octanol–water partition coefficient (Wildman–Crippen LogP) is 5.25. The maximum atomic E-state index is 10.5. The minimum Gasteiger partial charge on any atom is -0.481 e. The molecule has 0 rings (SSSR count). The van der Waals surface area contributed by atoms with Gasteiger partial charge in [-0.05, 0) is 12.3 Å². The molecule has 0 aliphatic rings. The van der Waals surface area contributed by atoms with E-state index in [4.69, 9.17) is 10.2 Å². The highest BCUT2D eigenvalue weighted by Crippen LogP contribution is 2.15. The number of carboxylic acid groups (broad SMARTS) is 2. The summed E-state index contributed by atoms with van der Waals surface area (Å²) < 4.78 is 0. The van der Waals surface area contributed by atoms with Crippen molar-refractivity contribution in [3.05, 3.63) is 0 Å². The Morgan fingerprint density at radius 2 is 1.09 bits per heavy atom. The summed E-state index contributed by atoms with van der Waals surface area (Å²) in [6, 6.07) is 0. The molecule has 0 saturated heterocycles. The zero-order valence-corrected chi connectivity index (χ0v) is 14.2. The fourth-order valence-corrected chi connectivity index (χ4v) is 2.76. The summed E-state index contributed by atoms with van der Waals surface area (Å²) in [5, 5.41) is 17.2. The van der Waals surface area contributed by atoms with E-state index < -0.39 is 11.9 Å². The van der Waals surface area contributed by atoms with Gasteiger partial charge in [0.25, 0.3) is 0 Å². The molecule has 0 spiro atoms. The molecule has 0 bridgehead atoms. The lowest BCUT2D eigenvalue weighted by molar-refractivity contribution is -0.138. The van der Waals surface area contributed by atoms with Gasteiger partial charge in [-0.3, -0.25) is 9.59 Å². The fraction of sp³-hybridized carbons (Fsp3) is 0.889. The number of carboxylic acids is 2. The average Bonchev–Trinajstić information content (AvgIpc) is 2.42. The van der Waals surface area contributed by atoms with Crippen LogP contribution in [0.4, 0.5) is 0 Å². The number of unbranched alkanes of at least 4 members (excludes halogenated alkanes) is 10. The van der Waals surface area contributed by atoms with Gasteiger partial charge >= 0.3 is 11.9 Å². The highest BCUT2D eigenvalue weighted by molar-refractivity contribution is 5.67. The van der Waals surface area contributed by atoms with Gasteiger partial charge in [-0.15, -0.1) is 0 Å². The molecule has 0 heterocycles. The summed E-state index contributed by atoms with van der Waals surface area (Å²) in [5.41, 5.74) is 0. The van der Waals surface area contributed by atoms with E-state index in [2.05, 4.69) is 0 Å². The first-order chi connectivity index (χ1) is 10.5. The van der Waals surface area contributed by atoms with Crippen molar-refractivity contribution in [3.8, 4) is 0 Å². The van der Waals surface area contributed by atoms with E-state index in [0.717, 1.165) is 32.1 Å². The second-order valence-corrected chi connectivity index (χ2v) is 6.52. The molecule has 0 aliphatic heterocycles. The Labute approximate surface area is 135 Å². The van der Waals surface area contributed by atoms with Gasteiger partial charge < -0.3 is 10.2 Å². The summed E-state index contributed by atoms with van der Waals surface area (Å²) in [4.78, 5) is 20.9. The van der Waals surface area contributed by atoms with Crippen LogP contribution in [0.25, 0.3) is 0 Å². The Bertz CT molecular complexity index is 289. The van der Waals surface area contributed by atoms with Crippen LogP contribution in [0.2, 0.25) is 0 Å². The molecule has 0 saturated carbocycles. The Hall–Kier alpha value is -1.06. The zero-order valence-electron chi connectivity index (χ0n) is 14.2. The summed E-state index contributed by atoms with van der Waals surface area (Å²) in [6.45, 7) is 2.02. The Kier molecular flexibility index (Phi) is 14.1. The molecular weight excluding hydrogens is 280 g/mol.